The van der Waals surface area contributed by atoms with E-state index in [1.807, 2.05) is 36.4 Å². The number of benzene rings is 3. The molecule has 0 spiro atoms. The van der Waals surface area contributed by atoms with E-state index in [1.165, 1.54) is 0 Å². The molecule has 0 aromatic heterocycles. The molecule has 0 saturated heterocycles. The van der Waals surface area contributed by atoms with Crippen molar-refractivity contribution >= 4 is 21.5 Å². The molecule has 3 rings (SSSR count). The molecule has 0 saturated carbocycles. The van der Waals surface area contributed by atoms with Gasteiger partial charge in [-0.15, -0.1) is 0 Å². The third kappa shape index (κ3) is 1.23. The Bertz CT molecular complexity index is 617. The molecule has 0 heteroatoms. The maximum atomic E-state index is 5.95. The highest BCUT2D eigenvalue weighted by atomic mass is 14.1. The minimum atomic E-state index is 0.807. The molecule has 0 amide bonds. The lowest BCUT2D eigenvalue weighted by Crippen LogP contribution is -1.82. The standard InChI is InChI=1S/C16H10/c1-11-5-3-7-15-13(11)9-10-14-12(2)6-4-8-16(14)15/h1-10H. The summed E-state index contributed by atoms with van der Waals surface area (Å²) in [6, 6.07) is 16.0. The SMILES string of the molecule is [CH]c1cccc2c1ccc1c([CH])cccc12. The molecule has 0 heterocycles. The van der Waals surface area contributed by atoms with Crippen molar-refractivity contribution in [1.29, 1.82) is 0 Å². The molecule has 0 unspecified atom stereocenters. The topological polar surface area (TPSA) is 0 Å². The molecule has 3 aromatic rings. The van der Waals surface area contributed by atoms with Crippen LogP contribution in [0, 0.1) is 13.8 Å². The Kier molecular flexibility index (Phi) is 1.97. The minimum absolute atomic E-state index is 0.807. The fourth-order valence-corrected chi connectivity index (χ4v) is 2.17. The van der Waals surface area contributed by atoms with Crippen molar-refractivity contribution in [3.8, 4) is 0 Å². The Morgan fingerprint density at radius 3 is 1.38 bits per heavy atom. The summed E-state index contributed by atoms with van der Waals surface area (Å²) in [5.41, 5.74) is 1.61. The van der Waals surface area contributed by atoms with Gasteiger partial charge in [-0.3, -0.25) is 0 Å². The van der Waals surface area contributed by atoms with Crippen LogP contribution in [0.1, 0.15) is 11.1 Å². The van der Waals surface area contributed by atoms with Crippen molar-refractivity contribution in [3.63, 3.8) is 0 Å². The van der Waals surface area contributed by atoms with E-state index in [0.717, 1.165) is 32.7 Å². The quantitative estimate of drug-likeness (QED) is 0.481. The van der Waals surface area contributed by atoms with Crippen molar-refractivity contribution in [2.75, 3.05) is 0 Å². The number of rotatable bonds is 0. The molecule has 16 heavy (non-hydrogen) atoms. The highest BCUT2D eigenvalue weighted by Gasteiger charge is 2.03. The minimum Gasteiger partial charge on any atom is -0.0613 e. The Hall–Kier alpha value is -1.82. The third-order valence-corrected chi connectivity index (χ3v) is 2.99. The van der Waals surface area contributed by atoms with E-state index in [0.29, 0.717) is 0 Å². The first-order valence-corrected chi connectivity index (χ1v) is 5.23. The Morgan fingerprint density at radius 2 is 0.938 bits per heavy atom. The van der Waals surface area contributed by atoms with Gasteiger partial charge in [0.2, 0.25) is 0 Å². The Morgan fingerprint density at radius 1 is 0.500 bits per heavy atom. The fourth-order valence-electron chi connectivity index (χ4n) is 2.17. The van der Waals surface area contributed by atoms with Crippen LogP contribution in [0.3, 0.4) is 0 Å². The second-order valence-electron chi connectivity index (χ2n) is 3.95. The van der Waals surface area contributed by atoms with Crippen LogP contribution >= 0.6 is 0 Å². The average molecular weight is 202 g/mol. The maximum Gasteiger partial charge on any atom is -0.000544 e. The van der Waals surface area contributed by atoms with Crippen LogP contribution in [-0.2, 0) is 0 Å². The van der Waals surface area contributed by atoms with Crippen LogP contribution in [0.5, 0.6) is 0 Å². The zero-order valence-corrected chi connectivity index (χ0v) is 8.77. The summed E-state index contributed by atoms with van der Waals surface area (Å²) < 4.78 is 0. The smallest absolute Gasteiger partial charge is 0.000544 e. The monoisotopic (exact) mass is 202 g/mol. The molecule has 0 nitrogen and oxygen atoms in total. The van der Waals surface area contributed by atoms with Gasteiger partial charge in [-0.05, 0) is 46.5 Å². The molecule has 3 aromatic carbocycles. The van der Waals surface area contributed by atoms with E-state index in [-0.39, 0.29) is 0 Å². The summed E-state index contributed by atoms with van der Waals surface area (Å²) in [7, 11) is 0. The van der Waals surface area contributed by atoms with Crippen LogP contribution in [0.15, 0.2) is 48.5 Å². The largest absolute Gasteiger partial charge is 0.0613 e. The molecule has 0 aliphatic rings. The van der Waals surface area contributed by atoms with Crippen molar-refractivity contribution in [2.24, 2.45) is 0 Å². The van der Waals surface area contributed by atoms with Crippen LogP contribution in [-0.4, -0.2) is 0 Å². The summed E-state index contributed by atoms with van der Waals surface area (Å²) >= 11 is 0. The average Bonchev–Trinajstić information content (AvgIpc) is 2.30. The van der Waals surface area contributed by atoms with Gasteiger partial charge in [0, 0.05) is 0 Å². The number of hydrogen-bond acceptors (Lipinski definition) is 0. The molecular formula is C16H10. The van der Waals surface area contributed by atoms with E-state index in [4.69, 9.17) is 13.8 Å². The lowest BCUT2D eigenvalue weighted by molar-refractivity contribution is 1.67. The van der Waals surface area contributed by atoms with Gasteiger partial charge in [0.1, 0.15) is 0 Å². The second-order valence-corrected chi connectivity index (χ2v) is 3.95. The van der Waals surface area contributed by atoms with Crippen molar-refractivity contribution < 1.29 is 0 Å². The molecule has 4 radical (unpaired) electrons. The first-order chi connectivity index (χ1) is 7.77. The summed E-state index contributed by atoms with van der Waals surface area (Å²) in [4.78, 5) is 0. The molecule has 74 valence electrons. The number of fused-ring (bicyclic) bond motifs is 3. The Balaban J connectivity index is 2.60. The molecule has 0 N–H and O–H groups in total. The van der Waals surface area contributed by atoms with Gasteiger partial charge in [-0.1, -0.05) is 48.5 Å². The predicted octanol–water partition coefficient (Wildman–Crippen LogP) is 4.11. The summed E-state index contributed by atoms with van der Waals surface area (Å²) in [6.45, 7) is 11.9. The van der Waals surface area contributed by atoms with Crippen LogP contribution in [0.25, 0.3) is 21.5 Å². The zero-order valence-electron chi connectivity index (χ0n) is 8.77. The van der Waals surface area contributed by atoms with Gasteiger partial charge in [-0.2, -0.15) is 0 Å². The van der Waals surface area contributed by atoms with E-state index in [1.54, 1.807) is 0 Å². The first-order valence-electron chi connectivity index (χ1n) is 5.23. The normalized spacial score (nSPS) is 11.1. The van der Waals surface area contributed by atoms with Crippen LogP contribution in [0.4, 0.5) is 0 Å². The van der Waals surface area contributed by atoms with E-state index in [2.05, 4.69) is 12.1 Å². The molecule has 0 bridgehead atoms. The van der Waals surface area contributed by atoms with Crippen molar-refractivity contribution in [1.82, 2.24) is 0 Å². The predicted molar refractivity (Wildman–Crippen MR) is 68.3 cm³/mol. The summed E-state index contributed by atoms with van der Waals surface area (Å²) in [6.07, 6.45) is 0. The lowest BCUT2D eigenvalue weighted by Gasteiger charge is -2.07. The van der Waals surface area contributed by atoms with Gasteiger partial charge in [0.15, 0.2) is 0 Å². The molecular weight excluding hydrogens is 192 g/mol. The molecule has 0 atom stereocenters. The van der Waals surface area contributed by atoms with Gasteiger partial charge < -0.3 is 0 Å². The van der Waals surface area contributed by atoms with Gasteiger partial charge in [-0.25, -0.2) is 0 Å². The number of hydrogen-bond donors (Lipinski definition) is 0. The van der Waals surface area contributed by atoms with E-state index >= 15 is 0 Å². The fraction of sp³-hybridized carbons (Fsp3) is 0. The highest BCUT2D eigenvalue weighted by Crippen LogP contribution is 2.28. The van der Waals surface area contributed by atoms with Gasteiger partial charge >= 0.3 is 0 Å². The van der Waals surface area contributed by atoms with Gasteiger partial charge in [0.05, 0.1) is 0 Å². The highest BCUT2D eigenvalue weighted by molar-refractivity contribution is 6.09. The van der Waals surface area contributed by atoms with E-state index in [9.17, 15) is 0 Å². The maximum absolute atomic E-state index is 5.95. The summed E-state index contributed by atoms with van der Waals surface area (Å²) in [5.74, 6) is 0. The van der Waals surface area contributed by atoms with Crippen LogP contribution in [0.2, 0.25) is 0 Å². The van der Waals surface area contributed by atoms with Crippen LogP contribution < -0.4 is 0 Å². The van der Waals surface area contributed by atoms with Crippen molar-refractivity contribution in [2.45, 2.75) is 0 Å². The molecule has 0 fully saturated rings. The van der Waals surface area contributed by atoms with Gasteiger partial charge in [0.25, 0.3) is 0 Å². The Labute approximate surface area is 95.5 Å². The molecule has 0 aliphatic heterocycles. The third-order valence-electron chi connectivity index (χ3n) is 2.99. The van der Waals surface area contributed by atoms with E-state index < -0.39 is 0 Å². The second kappa shape index (κ2) is 3.34. The zero-order chi connectivity index (χ0) is 11.1. The first kappa shape index (κ1) is 9.41. The summed E-state index contributed by atoms with van der Waals surface area (Å²) in [5, 5.41) is 4.48. The van der Waals surface area contributed by atoms with Crippen molar-refractivity contribution in [3.05, 3.63) is 73.5 Å². The molecule has 0 aliphatic carbocycles. The lowest BCUT2D eigenvalue weighted by atomic mass is 9.97.